The Balaban J connectivity index is 2.13. The summed E-state index contributed by atoms with van der Waals surface area (Å²) >= 11 is 0. The summed E-state index contributed by atoms with van der Waals surface area (Å²) in [6.45, 7) is 4.11. The Morgan fingerprint density at radius 3 is 2.50 bits per heavy atom. The van der Waals surface area contributed by atoms with Crippen molar-refractivity contribution in [2.24, 2.45) is 0 Å². The second-order valence-electron chi connectivity index (χ2n) is 5.95. The van der Waals surface area contributed by atoms with E-state index in [0.29, 0.717) is 6.54 Å². The Morgan fingerprint density at radius 1 is 1.25 bits per heavy atom. The highest BCUT2D eigenvalue weighted by molar-refractivity contribution is 5.29. The topological polar surface area (TPSA) is 20.2 Å². The summed E-state index contributed by atoms with van der Waals surface area (Å²) in [6, 6.07) is 3.02. The van der Waals surface area contributed by atoms with E-state index in [1.165, 1.54) is 10.6 Å². The van der Waals surface area contributed by atoms with E-state index >= 15 is 0 Å². The molecule has 0 aliphatic carbocycles. The van der Waals surface area contributed by atoms with E-state index in [1.54, 1.807) is 6.07 Å². The highest BCUT2D eigenvalue weighted by Gasteiger charge is 2.47. The molecule has 1 fully saturated rings. The monoisotopic (exact) mass is 287 g/mol. The number of hydrogen-bond donors (Lipinski definition) is 1. The van der Waals surface area contributed by atoms with Gasteiger partial charge in [0.25, 0.3) is 0 Å². The van der Waals surface area contributed by atoms with Crippen molar-refractivity contribution in [2.75, 3.05) is 20.1 Å². The molecule has 0 radical (unpaired) electrons. The van der Waals surface area contributed by atoms with Crippen LogP contribution < -0.4 is 5.32 Å². The fourth-order valence-electron chi connectivity index (χ4n) is 3.76. The lowest BCUT2D eigenvalue weighted by molar-refractivity contribution is -0.145. The molecule has 3 heterocycles. The minimum Gasteiger partial charge on any atom is -0.338 e. The Kier molecular flexibility index (Phi) is 3.14. The molecule has 0 unspecified atom stereocenters. The van der Waals surface area contributed by atoms with Gasteiger partial charge >= 0.3 is 6.18 Å². The molecule has 3 nitrogen and oxygen atoms in total. The number of halogens is 3. The zero-order chi connectivity index (χ0) is 14.5. The van der Waals surface area contributed by atoms with E-state index in [9.17, 15) is 13.2 Å². The minimum atomic E-state index is -4.28. The van der Waals surface area contributed by atoms with Crippen molar-refractivity contribution in [3.05, 3.63) is 23.5 Å². The maximum absolute atomic E-state index is 13.1. The predicted molar refractivity (Wildman–Crippen MR) is 70.4 cm³/mol. The zero-order valence-corrected chi connectivity index (χ0v) is 11.8. The summed E-state index contributed by atoms with van der Waals surface area (Å²) in [7, 11) is 2.04. The number of hydrogen-bond acceptors (Lipinski definition) is 2. The van der Waals surface area contributed by atoms with Gasteiger partial charge in [0.1, 0.15) is 5.69 Å². The van der Waals surface area contributed by atoms with Crippen LogP contribution in [0.1, 0.15) is 31.2 Å². The fraction of sp³-hybridized carbons (Fsp3) is 0.714. The summed E-state index contributed by atoms with van der Waals surface area (Å²) in [5, 5.41) is 3.30. The second kappa shape index (κ2) is 4.49. The first-order valence-corrected chi connectivity index (χ1v) is 7.07. The van der Waals surface area contributed by atoms with Crippen LogP contribution in [0.25, 0.3) is 0 Å². The molecule has 1 aromatic heterocycles. The van der Waals surface area contributed by atoms with Gasteiger partial charge in [0.2, 0.25) is 0 Å². The number of aromatic nitrogens is 1. The average molecular weight is 287 g/mol. The van der Waals surface area contributed by atoms with Crippen LogP contribution in [0.3, 0.4) is 0 Å². The number of nitrogens with zero attached hydrogens (tertiary/aromatic N) is 2. The van der Waals surface area contributed by atoms with E-state index in [1.807, 2.05) is 14.0 Å². The van der Waals surface area contributed by atoms with E-state index in [-0.39, 0.29) is 11.6 Å². The molecule has 2 aliphatic rings. The highest BCUT2D eigenvalue weighted by atomic mass is 19.4. The number of fused-ring (bicyclic) bond motifs is 2. The summed E-state index contributed by atoms with van der Waals surface area (Å²) in [6.07, 6.45) is -2.56. The molecular formula is C14H20F3N3. The third kappa shape index (κ3) is 1.89. The summed E-state index contributed by atoms with van der Waals surface area (Å²) in [5.74, 6) is 0. The van der Waals surface area contributed by atoms with E-state index in [4.69, 9.17) is 0 Å². The normalized spacial score (nSPS) is 26.8. The molecule has 1 N–H and O–H groups in total. The summed E-state index contributed by atoms with van der Waals surface area (Å²) in [5.41, 5.74) is 0.0594. The number of alkyl halides is 3. The van der Waals surface area contributed by atoms with Crippen LogP contribution in [0, 0.1) is 0 Å². The van der Waals surface area contributed by atoms with Crippen molar-refractivity contribution in [3.8, 4) is 0 Å². The van der Waals surface area contributed by atoms with Crippen LogP contribution in [0.2, 0.25) is 0 Å². The Morgan fingerprint density at radius 2 is 1.90 bits per heavy atom. The molecule has 0 aromatic carbocycles. The lowest BCUT2D eigenvalue weighted by atomic mass is 9.81. The van der Waals surface area contributed by atoms with Crippen LogP contribution in [0.15, 0.2) is 12.1 Å². The van der Waals surface area contributed by atoms with Crippen molar-refractivity contribution < 1.29 is 13.2 Å². The fourth-order valence-corrected chi connectivity index (χ4v) is 3.76. The van der Waals surface area contributed by atoms with Gasteiger partial charge in [0.15, 0.2) is 0 Å². The standard InChI is InChI=1S/C14H20F3N3/c1-10-9-20-11(3-4-12(20)14(15,16)17)13(19(10)2)5-7-18-8-6-13/h3-4,10,18H,5-9H2,1-2H3/t10-/m0/s1. The van der Waals surface area contributed by atoms with E-state index < -0.39 is 11.9 Å². The smallest absolute Gasteiger partial charge is 0.338 e. The predicted octanol–water partition coefficient (Wildman–Crippen LogP) is 2.42. The molecule has 20 heavy (non-hydrogen) atoms. The maximum Gasteiger partial charge on any atom is 0.431 e. The maximum atomic E-state index is 13.1. The van der Waals surface area contributed by atoms with Gasteiger partial charge < -0.3 is 9.88 Å². The molecule has 2 aliphatic heterocycles. The first kappa shape index (κ1) is 13.9. The molecule has 1 saturated heterocycles. The van der Waals surface area contributed by atoms with Gasteiger partial charge in [-0.1, -0.05) is 0 Å². The molecule has 6 heteroatoms. The van der Waals surface area contributed by atoms with Crippen molar-refractivity contribution in [2.45, 2.75) is 44.1 Å². The van der Waals surface area contributed by atoms with Gasteiger partial charge in [-0.3, -0.25) is 4.90 Å². The van der Waals surface area contributed by atoms with Crippen molar-refractivity contribution in [3.63, 3.8) is 0 Å². The van der Waals surface area contributed by atoms with Gasteiger partial charge in [-0.15, -0.1) is 0 Å². The summed E-state index contributed by atoms with van der Waals surface area (Å²) in [4.78, 5) is 2.27. The average Bonchev–Trinajstić information content (AvgIpc) is 2.82. The molecule has 0 bridgehead atoms. The van der Waals surface area contributed by atoms with Gasteiger partial charge in [-0.05, 0) is 52.0 Å². The molecule has 112 valence electrons. The van der Waals surface area contributed by atoms with Crippen molar-refractivity contribution in [1.29, 1.82) is 0 Å². The van der Waals surface area contributed by atoms with Crippen molar-refractivity contribution in [1.82, 2.24) is 14.8 Å². The third-order valence-corrected chi connectivity index (χ3v) is 4.96. The first-order valence-electron chi connectivity index (χ1n) is 7.07. The highest BCUT2D eigenvalue weighted by Crippen LogP contribution is 2.44. The Labute approximate surface area is 116 Å². The molecule has 0 amide bonds. The second-order valence-corrected chi connectivity index (χ2v) is 5.95. The van der Waals surface area contributed by atoms with E-state index in [2.05, 4.69) is 10.2 Å². The SMILES string of the molecule is C[C@H]1Cn2c(C(F)(F)F)ccc2C2(CCNCC2)N1C. The van der Waals surface area contributed by atoms with Crippen LogP contribution in [-0.2, 0) is 18.3 Å². The van der Waals surface area contributed by atoms with Crippen LogP contribution in [-0.4, -0.2) is 35.6 Å². The lowest BCUT2D eigenvalue weighted by Crippen LogP contribution is -2.58. The lowest BCUT2D eigenvalue weighted by Gasteiger charge is -2.51. The molecule has 0 saturated carbocycles. The number of rotatable bonds is 0. The summed E-state index contributed by atoms with van der Waals surface area (Å²) < 4.78 is 40.9. The van der Waals surface area contributed by atoms with Gasteiger partial charge in [-0.2, -0.15) is 13.2 Å². The largest absolute Gasteiger partial charge is 0.431 e. The molecular weight excluding hydrogens is 267 g/mol. The van der Waals surface area contributed by atoms with Crippen LogP contribution in [0.5, 0.6) is 0 Å². The number of piperidine rings is 1. The van der Waals surface area contributed by atoms with Gasteiger partial charge in [-0.25, -0.2) is 0 Å². The van der Waals surface area contributed by atoms with Crippen LogP contribution >= 0.6 is 0 Å². The van der Waals surface area contributed by atoms with Gasteiger partial charge in [0.05, 0.1) is 5.54 Å². The van der Waals surface area contributed by atoms with Crippen molar-refractivity contribution >= 4 is 0 Å². The third-order valence-electron chi connectivity index (χ3n) is 4.96. The van der Waals surface area contributed by atoms with E-state index in [0.717, 1.165) is 31.6 Å². The Bertz CT molecular complexity index is 500. The Hall–Kier alpha value is -1.01. The molecule has 3 rings (SSSR count). The first-order chi connectivity index (χ1) is 9.36. The quantitative estimate of drug-likeness (QED) is 0.791. The minimum absolute atomic E-state index is 0.106. The number of likely N-dealkylation sites (N-methyl/N-ethyl adjacent to an activating group) is 1. The number of nitrogens with one attached hydrogen (secondary N) is 1. The molecule has 1 spiro atoms. The van der Waals surface area contributed by atoms with Crippen LogP contribution in [0.4, 0.5) is 13.2 Å². The molecule has 1 aromatic rings. The van der Waals surface area contributed by atoms with Gasteiger partial charge in [0, 0.05) is 18.3 Å². The zero-order valence-electron chi connectivity index (χ0n) is 11.8. The molecule has 1 atom stereocenters.